The van der Waals surface area contributed by atoms with Gasteiger partial charge in [-0.1, -0.05) is 30.3 Å². The lowest BCUT2D eigenvalue weighted by atomic mass is 10.1. The summed E-state index contributed by atoms with van der Waals surface area (Å²) in [4.78, 5) is 4.33. The quantitative estimate of drug-likeness (QED) is 0.652. The monoisotopic (exact) mass is 241 g/mol. The van der Waals surface area contributed by atoms with Gasteiger partial charge in [0.05, 0.1) is 12.6 Å². The zero-order chi connectivity index (χ0) is 11.1. The van der Waals surface area contributed by atoms with Gasteiger partial charge >= 0.3 is 0 Å². The normalized spacial score (nSPS) is 12.2. The average Bonchev–Trinajstić information content (AvgIpc) is 2.31. The van der Waals surface area contributed by atoms with Gasteiger partial charge in [0.1, 0.15) is 4.38 Å². The third kappa shape index (κ3) is 4.28. The zero-order valence-electron chi connectivity index (χ0n) is 8.88. The van der Waals surface area contributed by atoms with Gasteiger partial charge in [-0.15, -0.1) is 23.5 Å². The van der Waals surface area contributed by atoms with E-state index in [-0.39, 0.29) is 0 Å². The number of nitrogens with zero attached hydrogens (tertiary/aromatic N) is 1. The molecule has 0 saturated heterocycles. The van der Waals surface area contributed by atoms with Crippen LogP contribution in [0, 0.1) is 0 Å². The Morgan fingerprint density at radius 3 is 2.40 bits per heavy atom. The van der Waals surface area contributed by atoms with Gasteiger partial charge in [-0.2, -0.15) is 0 Å². The van der Waals surface area contributed by atoms with Gasteiger partial charge in [0.15, 0.2) is 0 Å². The largest absolute Gasteiger partial charge is 0.386 e. The summed E-state index contributed by atoms with van der Waals surface area (Å²) in [6.45, 7) is 0.432. The molecule has 15 heavy (non-hydrogen) atoms. The number of benzene rings is 1. The highest BCUT2D eigenvalue weighted by atomic mass is 32.2. The molecule has 0 saturated carbocycles. The van der Waals surface area contributed by atoms with Crippen LogP contribution in [0.15, 0.2) is 35.3 Å². The fourth-order valence-corrected chi connectivity index (χ4v) is 2.23. The van der Waals surface area contributed by atoms with Crippen LogP contribution in [0.25, 0.3) is 0 Å². The lowest BCUT2D eigenvalue weighted by Crippen LogP contribution is -2.02. The van der Waals surface area contributed by atoms with Gasteiger partial charge in [0.25, 0.3) is 0 Å². The van der Waals surface area contributed by atoms with Crippen molar-refractivity contribution in [3.63, 3.8) is 0 Å². The maximum Gasteiger partial charge on any atom is 0.124 e. The second-order valence-electron chi connectivity index (χ2n) is 2.94. The average molecular weight is 241 g/mol. The summed E-state index contributed by atoms with van der Waals surface area (Å²) in [6, 6.07) is 9.61. The summed E-state index contributed by atoms with van der Waals surface area (Å²) >= 11 is 3.22. The van der Waals surface area contributed by atoms with Crippen LogP contribution in [-0.2, 0) is 0 Å². The Morgan fingerprint density at radius 2 is 1.87 bits per heavy atom. The molecule has 0 spiro atoms. The number of aliphatic imine (C=N–C) groups is 1. The maximum absolute atomic E-state index is 9.83. The molecule has 0 radical (unpaired) electrons. The molecular formula is C11H15NOS2. The second-order valence-corrected chi connectivity index (χ2v) is 4.79. The number of rotatable bonds is 3. The molecular weight excluding hydrogens is 226 g/mol. The minimum Gasteiger partial charge on any atom is -0.386 e. The van der Waals surface area contributed by atoms with E-state index < -0.39 is 6.10 Å². The SMILES string of the molecule is CSC(=NCC(O)c1ccccc1)SC. The predicted molar refractivity (Wildman–Crippen MR) is 70.7 cm³/mol. The molecule has 2 nitrogen and oxygen atoms in total. The van der Waals surface area contributed by atoms with E-state index in [0.717, 1.165) is 9.94 Å². The van der Waals surface area contributed by atoms with Crippen molar-refractivity contribution in [3.8, 4) is 0 Å². The summed E-state index contributed by atoms with van der Waals surface area (Å²) in [5.41, 5.74) is 0.919. The maximum atomic E-state index is 9.83. The van der Waals surface area contributed by atoms with Crippen LogP contribution in [0.4, 0.5) is 0 Å². The van der Waals surface area contributed by atoms with E-state index in [4.69, 9.17) is 0 Å². The van der Waals surface area contributed by atoms with E-state index in [1.54, 1.807) is 23.5 Å². The highest BCUT2D eigenvalue weighted by Crippen LogP contribution is 2.15. The van der Waals surface area contributed by atoms with Crippen LogP contribution < -0.4 is 0 Å². The van der Waals surface area contributed by atoms with Crippen LogP contribution in [-0.4, -0.2) is 28.5 Å². The van der Waals surface area contributed by atoms with E-state index in [1.165, 1.54) is 0 Å². The van der Waals surface area contributed by atoms with Crippen molar-refractivity contribution in [1.82, 2.24) is 0 Å². The van der Waals surface area contributed by atoms with Gasteiger partial charge in [-0.3, -0.25) is 4.99 Å². The zero-order valence-corrected chi connectivity index (χ0v) is 10.5. The summed E-state index contributed by atoms with van der Waals surface area (Å²) in [7, 11) is 0. The second kappa shape index (κ2) is 6.93. The minimum absolute atomic E-state index is 0.432. The molecule has 0 amide bonds. The number of hydrogen-bond donors (Lipinski definition) is 1. The van der Waals surface area contributed by atoms with E-state index >= 15 is 0 Å². The first-order valence-corrected chi connectivity index (χ1v) is 7.08. The van der Waals surface area contributed by atoms with Crippen LogP contribution >= 0.6 is 23.5 Å². The van der Waals surface area contributed by atoms with Crippen molar-refractivity contribution < 1.29 is 5.11 Å². The van der Waals surface area contributed by atoms with Gasteiger partial charge in [0, 0.05) is 0 Å². The van der Waals surface area contributed by atoms with Crippen molar-refractivity contribution in [2.45, 2.75) is 6.10 Å². The number of thioether (sulfide) groups is 2. The summed E-state index contributed by atoms with van der Waals surface area (Å²) < 4.78 is 1.00. The smallest absolute Gasteiger partial charge is 0.124 e. The third-order valence-electron chi connectivity index (χ3n) is 1.93. The van der Waals surface area contributed by atoms with Crippen molar-refractivity contribution in [2.24, 2.45) is 4.99 Å². The van der Waals surface area contributed by atoms with Gasteiger partial charge < -0.3 is 5.11 Å². The Morgan fingerprint density at radius 1 is 1.27 bits per heavy atom. The lowest BCUT2D eigenvalue weighted by molar-refractivity contribution is 0.187. The first kappa shape index (κ1) is 12.6. The molecule has 0 fully saturated rings. The molecule has 0 aliphatic heterocycles. The van der Waals surface area contributed by atoms with Gasteiger partial charge in [-0.25, -0.2) is 0 Å². The highest BCUT2D eigenvalue weighted by molar-refractivity contribution is 8.38. The molecule has 1 N–H and O–H groups in total. The first-order valence-electron chi connectivity index (χ1n) is 4.63. The topological polar surface area (TPSA) is 32.6 Å². The Kier molecular flexibility index (Phi) is 5.83. The third-order valence-corrected chi connectivity index (χ3v) is 3.88. The standard InChI is InChI=1S/C11H15NOS2/c1-14-11(15-2)12-8-10(13)9-6-4-3-5-7-9/h3-7,10,13H,8H2,1-2H3. The predicted octanol–water partition coefficient (Wildman–Crippen LogP) is 2.80. The van der Waals surface area contributed by atoms with Gasteiger partial charge in [-0.05, 0) is 18.1 Å². The Bertz CT molecular complexity index is 308. The Balaban J connectivity index is 2.56. The fraction of sp³-hybridized carbons (Fsp3) is 0.364. The molecule has 0 heterocycles. The molecule has 0 aromatic heterocycles. The molecule has 1 rings (SSSR count). The highest BCUT2D eigenvalue weighted by Gasteiger charge is 2.05. The summed E-state index contributed by atoms with van der Waals surface area (Å²) in [6.07, 6.45) is 3.48. The Labute approximate surface area is 99.2 Å². The van der Waals surface area contributed by atoms with Crippen molar-refractivity contribution >= 4 is 27.9 Å². The van der Waals surface area contributed by atoms with Crippen molar-refractivity contribution in [3.05, 3.63) is 35.9 Å². The van der Waals surface area contributed by atoms with Crippen molar-refractivity contribution in [1.29, 1.82) is 0 Å². The number of hydrogen-bond acceptors (Lipinski definition) is 4. The molecule has 0 aliphatic carbocycles. The molecule has 1 aromatic carbocycles. The summed E-state index contributed by atoms with van der Waals surface area (Å²) in [5, 5.41) is 9.83. The molecule has 1 aromatic rings. The minimum atomic E-state index is -0.500. The lowest BCUT2D eigenvalue weighted by Gasteiger charge is -2.08. The van der Waals surface area contributed by atoms with E-state index in [2.05, 4.69) is 4.99 Å². The van der Waals surface area contributed by atoms with E-state index in [1.807, 2.05) is 42.8 Å². The van der Waals surface area contributed by atoms with Crippen LogP contribution in [0.2, 0.25) is 0 Å². The van der Waals surface area contributed by atoms with Gasteiger partial charge in [0.2, 0.25) is 0 Å². The molecule has 1 atom stereocenters. The number of aliphatic hydroxyl groups excluding tert-OH is 1. The van der Waals surface area contributed by atoms with Crippen LogP contribution in [0.1, 0.15) is 11.7 Å². The van der Waals surface area contributed by atoms with E-state index in [0.29, 0.717) is 6.54 Å². The molecule has 0 aliphatic rings. The molecule has 0 bridgehead atoms. The van der Waals surface area contributed by atoms with Crippen LogP contribution in [0.5, 0.6) is 0 Å². The number of aliphatic hydroxyl groups is 1. The fourth-order valence-electron chi connectivity index (χ4n) is 1.15. The van der Waals surface area contributed by atoms with Crippen LogP contribution in [0.3, 0.4) is 0 Å². The molecule has 82 valence electrons. The summed E-state index contributed by atoms with van der Waals surface area (Å²) in [5.74, 6) is 0. The van der Waals surface area contributed by atoms with Crippen molar-refractivity contribution in [2.75, 3.05) is 19.1 Å². The molecule has 4 heteroatoms. The molecule has 1 unspecified atom stereocenters. The first-order chi connectivity index (χ1) is 7.27. The Hall–Kier alpha value is -0.450. The van der Waals surface area contributed by atoms with E-state index in [9.17, 15) is 5.11 Å².